The van der Waals surface area contributed by atoms with Crippen LogP contribution in [0.3, 0.4) is 0 Å². The summed E-state index contributed by atoms with van der Waals surface area (Å²) in [4.78, 5) is 10.8. The number of rotatable bonds is 5. The molecule has 2 heterocycles. The molecule has 2 N–H and O–H groups in total. The Labute approximate surface area is 140 Å². The molecule has 3 atom stereocenters. The van der Waals surface area contributed by atoms with E-state index in [9.17, 15) is 9.50 Å². The van der Waals surface area contributed by atoms with Crippen LogP contribution in [-0.4, -0.2) is 40.3 Å². The van der Waals surface area contributed by atoms with Crippen LogP contribution in [0.25, 0.3) is 0 Å². The number of nitrogens with one attached hydrogen (secondary N) is 1. The first kappa shape index (κ1) is 15.3. The molecule has 5 nitrogen and oxygen atoms in total. The van der Waals surface area contributed by atoms with E-state index in [1.807, 2.05) is 12.1 Å². The van der Waals surface area contributed by atoms with Gasteiger partial charge in [-0.05, 0) is 37.0 Å². The summed E-state index contributed by atoms with van der Waals surface area (Å²) in [6, 6.07) is 9.17. The molecule has 1 aliphatic heterocycles. The van der Waals surface area contributed by atoms with E-state index < -0.39 is 0 Å². The van der Waals surface area contributed by atoms with E-state index in [-0.39, 0.29) is 24.5 Å². The van der Waals surface area contributed by atoms with Crippen molar-refractivity contribution in [2.45, 2.75) is 37.3 Å². The fourth-order valence-corrected chi connectivity index (χ4v) is 3.56. The molecule has 0 radical (unpaired) electrons. The van der Waals surface area contributed by atoms with Gasteiger partial charge in [0.2, 0.25) is 0 Å². The lowest BCUT2D eigenvalue weighted by atomic mass is 10.1. The lowest BCUT2D eigenvalue weighted by Crippen LogP contribution is -2.32. The van der Waals surface area contributed by atoms with Crippen LogP contribution in [0, 0.1) is 5.82 Å². The largest absolute Gasteiger partial charge is 0.394 e. The molecule has 2 aromatic rings. The Morgan fingerprint density at radius 1 is 1.29 bits per heavy atom. The van der Waals surface area contributed by atoms with E-state index in [1.165, 1.54) is 6.07 Å². The number of anilines is 2. The van der Waals surface area contributed by atoms with Crippen molar-refractivity contribution in [1.29, 1.82) is 0 Å². The molecule has 1 aromatic heterocycles. The van der Waals surface area contributed by atoms with Gasteiger partial charge in [0.15, 0.2) is 0 Å². The maximum atomic E-state index is 13.3. The normalized spacial score (nSPS) is 25.8. The molecule has 1 unspecified atom stereocenters. The predicted molar refractivity (Wildman–Crippen MR) is 90.7 cm³/mol. The van der Waals surface area contributed by atoms with Crippen molar-refractivity contribution < 1.29 is 9.50 Å². The number of aliphatic hydroxyl groups is 1. The van der Waals surface area contributed by atoms with Crippen LogP contribution in [0.15, 0.2) is 36.7 Å². The van der Waals surface area contributed by atoms with Gasteiger partial charge >= 0.3 is 0 Å². The van der Waals surface area contributed by atoms with E-state index in [4.69, 9.17) is 0 Å². The molecule has 4 rings (SSSR count). The molecular weight excluding hydrogens is 307 g/mol. The zero-order valence-electron chi connectivity index (χ0n) is 13.4. The monoisotopic (exact) mass is 328 g/mol. The maximum Gasteiger partial charge on any atom is 0.134 e. The Kier molecular flexibility index (Phi) is 4.06. The van der Waals surface area contributed by atoms with E-state index in [0.29, 0.717) is 5.92 Å². The Morgan fingerprint density at radius 2 is 2.21 bits per heavy atom. The second-order valence-corrected chi connectivity index (χ2v) is 6.58. The van der Waals surface area contributed by atoms with Crippen LogP contribution in [0.1, 0.15) is 30.7 Å². The summed E-state index contributed by atoms with van der Waals surface area (Å²) in [6.45, 7) is 1.06. The Balaban J connectivity index is 1.44. The van der Waals surface area contributed by atoms with Gasteiger partial charge in [-0.1, -0.05) is 12.1 Å². The van der Waals surface area contributed by atoms with Crippen LogP contribution in [-0.2, 0) is 0 Å². The fraction of sp³-hybridized carbons (Fsp3) is 0.444. The van der Waals surface area contributed by atoms with Crippen LogP contribution in [0.5, 0.6) is 0 Å². The van der Waals surface area contributed by atoms with Crippen molar-refractivity contribution in [3.8, 4) is 0 Å². The highest BCUT2D eigenvalue weighted by Crippen LogP contribution is 2.42. The first-order chi connectivity index (χ1) is 11.7. The number of hydrogen-bond donors (Lipinski definition) is 2. The van der Waals surface area contributed by atoms with Crippen molar-refractivity contribution in [3.63, 3.8) is 0 Å². The molecule has 6 heteroatoms. The summed E-state index contributed by atoms with van der Waals surface area (Å²) in [5.74, 6) is 1.78. The third-order valence-corrected chi connectivity index (χ3v) is 4.94. The van der Waals surface area contributed by atoms with Crippen LogP contribution >= 0.6 is 0 Å². The summed E-state index contributed by atoms with van der Waals surface area (Å²) in [6.07, 6.45) is 4.60. The Hall–Kier alpha value is -2.21. The first-order valence-electron chi connectivity index (χ1n) is 8.46. The minimum Gasteiger partial charge on any atom is -0.394 e. The standard InChI is InChI=1S/C18H21FN4O/c19-13-4-1-3-12(7-13)15-8-16(15)22-17-9-18(21-11-20-17)23-6-2-5-14(23)10-24/h1,3-4,7,9,11,14-16,24H,2,5-6,8,10H2,(H,20,21,22)/t14?,15-,16+/m0/s1. The van der Waals surface area contributed by atoms with Gasteiger partial charge in [-0.25, -0.2) is 14.4 Å². The number of aromatic nitrogens is 2. The third kappa shape index (κ3) is 3.06. The number of nitrogens with zero attached hydrogens (tertiary/aromatic N) is 3. The molecule has 2 fully saturated rings. The highest BCUT2D eigenvalue weighted by atomic mass is 19.1. The highest BCUT2D eigenvalue weighted by Gasteiger charge is 2.39. The molecule has 24 heavy (non-hydrogen) atoms. The smallest absolute Gasteiger partial charge is 0.134 e. The molecule has 126 valence electrons. The Bertz CT molecular complexity index is 726. The second kappa shape index (κ2) is 6.36. The van der Waals surface area contributed by atoms with E-state index >= 15 is 0 Å². The van der Waals surface area contributed by atoms with Gasteiger partial charge in [-0.15, -0.1) is 0 Å². The van der Waals surface area contributed by atoms with Crippen LogP contribution in [0.4, 0.5) is 16.0 Å². The van der Waals surface area contributed by atoms with E-state index in [0.717, 1.165) is 43.0 Å². The van der Waals surface area contributed by atoms with Crippen molar-refractivity contribution in [3.05, 3.63) is 48.0 Å². The minimum absolute atomic E-state index is 0.147. The first-order valence-corrected chi connectivity index (χ1v) is 8.46. The van der Waals surface area contributed by atoms with Crippen LogP contribution in [0.2, 0.25) is 0 Å². The number of benzene rings is 1. The molecule has 2 aliphatic rings. The molecule has 1 saturated carbocycles. The minimum atomic E-state index is -0.188. The van der Waals surface area contributed by atoms with Crippen molar-refractivity contribution in [2.75, 3.05) is 23.4 Å². The zero-order chi connectivity index (χ0) is 16.5. The third-order valence-electron chi connectivity index (χ3n) is 4.94. The molecule has 1 aromatic carbocycles. The average Bonchev–Trinajstić information content (AvgIpc) is 3.19. The van der Waals surface area contributed by atoms with Gasteiger partial charge in [0.25, 0.3) is 0 Å². The topological polar surface area (TPSA) is 61.3 Å². The molecule has 1 aliphatic carbocycles. The second-order valence-electron chi connectivity index (χ2n) is 6.58. The van der Waals surface area contributed by atoms with Crippen molar-refractivity contribution >= 4 is 11.6 Å². The molecule has 0 amide bonds. The molecular formula is C18H21FN4O. The summed E-state index contributed by atoms with van der Waals surface area (Å²) < 4.78 is 13.3. The summed E-state index contributed by atoms with van der Waals surface area (Å²) in [5.41, 5.74) is 1.03. The van der Waals surface area contributed by atoms with Gasteiger partial charge < -0.3 is 15.3 Å². The zero-order valence-corrected chi connectivity index (χ0v) is 13.4. The van der Waals surface area contributed by atoms with Crippen LogP contribution < -0.4 is 10.2 Å². The highest BCUT2D eigenvalue weighted by molar-refractivity contribution is 5.51. The predicted octanol–water partition coefficient (Wildman–Crippen LogP) is 2.54. The summed E-state index contributed by atoms with van der Waals surface area (Å²) in [7, 11) is 0. The molecule has 0 spiro atoms. The number of hydrogen-bond acceptors (Lipinski definition) is 5. The summed E-state index contributed by atoms with van der Waals surface area (Å²) in [5, 5.41) is 12.9. The lowest BCUT2D eigenvalue weighted by molar-refractivity contribution is 0.266. The van der Waals surface area contributed by atoms with Gasteiger partial charge in [-0.2, -0.15) is 0 Å². The quantitative estimate of drug-likeness (QED) is 0.883. The lowest BCUT2D eigenvalue weighted by Gasteiger charge is -2.24. The SMILES string of the molecule is OCC1CCCN1c1cc(N[C@@H]2C[C@H]2c2cccc(F)c2)ncn1. The van der Waals surface area contributed by atoms with E-state index in [2.05, 4.69) is 20.2 Å². The van der Waals surface area contributed by atoms with Gasteiger partial charge in [-0.3, -0.25) is 0 Å². The fourth-order valence-electron chi connectivity index (χ4n) is 3.56. The summed E-state index contributed by atoms with van der Waals surface area (Å²) >= 11 is 0. The number of halogens is 1. The molecule has 0 bridgehead atoms. The van der Waals surface area contributed by atoms with E-state index in [1.54, 1.807) is 18.5 Å². The van der Waals surface area contributed by atoms with Gasteiger partial charge in [0, 0.05) is 24.6 Å². The average molecular weight is 328 g/mol. The Morgan fingerprint density at radius 3 is 3.04 bits per heavy atom. The number of aliphatic hydroxyl groups excluding tert-OH is 1. The van der Waals surface area contributed by atoms with Crippen molar-refractivity contribution in [2.24, 2.45) is 0 Å². The van der Waals surface area contributed by atoms with Crippen molar-refractivity contribution in [1.82, 2.24) is 9.97 Å². The van der Waals surface area contributed by atoms with Gasteiger partial charge in [0.1, 0.15) is 23.8 Å². The van der Waals surface area contributed by atoms with Gasteiger partial charge in [0.05, 0.1) is 12.6 Å². The molecule has 1 saturated heterocycles. The maximum absolute atomic E-state index is 13.3.